The fraction of sp³-hybridized carbons (Fsp3) is 0.0952. The molecule has 8 nitrogen and oxygen atoms in total. The number of rotatable bonds is 5. The first-order valence-corrected chi connectivity index (χ1v) is 9.07. The predicted octanol–water partition coefficient (Wildman–Crippen LogP) is 1.78. The largest absolute Gasteiger partial charge is 0.333 e. The van der Waals surface area contributed by atoms with Crippen LogP contribution in [0.4, 0.5) is 10.1 Å². The number of para-hydroxylation sites is 1. The van der Waals surface area contributed by atoms with E-state index in [9.17, 15) is 18.8 Å². The molecule has 2 heterocycles. The van der Waals surface area contributed by atoms with E-state index in [1.165, 1.54) is 30.6 Å². The van der Waals surface area contributed by atoms with E-state index in [0.29, 0.717) is 0 Å². The number of hydrogen-bond donors (Lipinski definition) is 1. The Kier molecular flexibility index (Phi) is 5.17. The quantitative estimate of drug-likeness (QED) is 0.546. The average molecular weight is 405 g/mol. The topological polar surface area (TPSA) is 98.9 Å². The summed E-state index contributed by atoms with van der Waals surface area (Å²) in [4.78, 5) is 46.5. The highest BCUT2D eigenvalue weighted by Crippen LogP contribution is 2.12. The van der Waals surface area contributed by atoms with Crippen molar-refractivity contribution in [3.63, 3.8) is 0 Å². The molecule has 9 heteroatoms. The lowest BCUT2D eigenvalue weighted by atomic mass is 10.2. The van der Waals surface area contributed by atoms with Crippen molar-refractivity contribution in [2.24, 2.45) is 0 Å². The summed E-state index contributed by atoms with van der Waals surface area (Å²) in [7, 11) is 0. The summed E-state index contributed by atoms with van der Waals surface area (Å²) in [5, 5.41) is 2.43. The van der Waals surface area contributed by atoms with Crippen molar-refractivity contribution in [3.8, 4) is 0 Å². The second-order valence-corrected chi connectivity index (χ2v) is 6.50. The maximum absolute atomic E-state index is 13.8. The molecule has 0 saturated carbocycles. The predicted molar refractivity (Wildman–Crippen MR) is 109 cm³/mol. The third kappa shape index (κ3) is 3.72. The summed E-state index contributed by atoms with van der Waals surface area (Å²) >= 11 is 0. The molecule has 0 aliphatic carbocycles. The lowest BCUT2D eigenvalue weighted by molar-refractivity contribution is -0.116. The lowest BCUT2D eigenvalue weighted by Gasteiger charge is -2.13. The molecule has 1 N–H and O–H groups in total. The van der Waals surface area contributed by atoms with Crippen LogP contribution in [0.15, 0.2) is 76.6 Å². The number of hydrogen-bond acceptors (Lipinski definition) is 5. The van der Waals surface area contributed by atoms with Crippen molar-refractivity contribution in [2.75, 3.05) is 5.32 Å². The molecule has 0 spiro atoms. The van der Waals surface area contributed by atoms with E-state index < -0.39 is 29.5 Å². The molecule has 1 amide bonds. The molecule has 0 saturated heterocycles. The number of nitrogens with one attached hydrogen (secondary N) is 1. The Balaban J connectivity index is 1.77. The highest BCUT2D eigenvalue weighted by molar-refractivity contribution is 5.91. The van der Waals surface area contributed by atoms with Gasteiger partial charge in [0.15, 0.2) is 11.2 Å². The van der Waals surface area contributed by atoms with Crippen LogP contribution in [-0.4, -0.2) is 25.0 Å². The number of benzene rings is 2. The van der Waals surface area contributed by atoms with Crippen LogP contribution in [0.1, 0.15) is 5.56 Å². The maximum Gasteiger partial charge on any atom is 0.333 e. The van der Waals surface area contributed by atoms with Gasteiger partial charge in [-0.2, -0.15) is 0 Å². The van der Waals surface area contributed by atoms with Crippen molar-refractivity contribution in [3.05, 3.63) is 99.2 Å². The summed E-state index contributed by atoms with van der Waals surface area (Å²) < 4.78 is 15.9. The Morgan fingerprint density at radius 1 is 0.933 bits per heavy atom. The van der Waals surface area contributed by atoms with Crippen LogP contribution in [0.5, 0.6) is 0 Å². The first-order valence-electron chi connectivity index (χ1n) is 9.07. The third-order valence-corrected chi connectivity index (χ3v) is 4.48. The van der Waals surface area contributed by atoms with Crippen molar-refractivity contribution in [2.45, 2.75) is 13.1 Å². The Bertz CT molecular complexity index is 1350. The molecule has 0 atom stereocenters. The Labute approximate surface area is 169 Å². The van der Waals surface area contributed by atoms with Crippen LogP contribution in [0.3, 0.4) is 0 Å². The van der Waals surface area contributed by atoms with Gasteiger partial charge in [-0.25, -0.2) is 19.2 Å². The second kappa shape index (κ2) is 8.08. The van der Waals surface area contributed by atoms with Crippen molar-refractivity contribution >= 4 is 22.8 Å². The molecule has 0 aliphatic heterocycles. The lowest BCUT2D eigenvalue weighted by Crippen LogP contribution is -2.42. The van der Waals surface area contributed by atoms with Crippen LogP contribution in [0.25, 0.3) is 11.2 Å². The molecule has 4 rings (SSSR count). The molecule has 150 valence electrons. The van der Waals surface area contributed by atoms with Crippen molar-refractivity contribution < 1.29 is 9.18 Å². The zero-order chi connectivity index (χ0) is 21.1. The molecule has 0 aliphatic rings. The summed E-state index contributed by atoms with van der Waals surface area (Å²) in [5.41, 5.74) is -0.628. The van der Waals surface area contributed by atoms with Crippen LogP contribution in [0, 0.1) is 5.82 Å². The number of aromatic nitrogens is 4. The van der Waals surface area contributed by atoms with E-state index in [1.54, 1.807) is 30.3 Å². The molecule has 4 aromatic rings. The van der Waals surface area contributed by atoms with E-state index in [0.717, 1.165) is 14.7 Å². The summed E-state index contributed by atoms with van der Waals surface area (Å²) in [5.74, 6) is -1.24. The minimum Gasteiger partial charge on any atom is -0.322 e. The smallest absolute Gasteiger partial charge is 0.322 e. The number of fused-ring (bicyclic) bond motifs is 1. The van der Waals surface area contributed by atoms with Gasteiger partial charge in [-0.15, -0.1) is 0 Å². The zero-order valence-electron chi connectivity index (χ0n) is 15.7. The molecule has 0 radical (unpaired) electrons. The van der Waals surface area contributed by atoms with Gasteiger partial charge in [0.05, 0.1) is 12.2 Å². The van der Waals surface area contributed by atoms with E-state index in [1.807, 2.05) is 6.07 Å². The van der Waals surface area contributed by atoms with Crippen molar-refractivity contribution in [1.29, 1.82) is 0 Å². The highest BCUT2D eigenvalue weighted by Gasteiger charge is 2.18. The molecule has 0 unspecified atom stereocenters. The fourth-order valence-corrected chi connectivity index (χ4v) is 3.07. The van der Waals surface area contributed by atoms with E-state index in [4.69, 9.17) is 0 Å². The summed E-state index contributed by atoms with van der Waals surface area (Å²) in [6, 6.07) is 14.7. The monoisotopic (exact) mass is 405 g/mol. The van der Waals surface area contributed by atoms with Gasteiger partial charge in [0.2, 0.25) is 5.91 Å². The Hall–Kier alpha value is -4.14. The molecule has 2 aromatic carbocycles. The van der Waals surface area contributed by atoms with Crippen LogP contribution in [0.2, 0.25) is 0 Å². The molecule has 2 aromatic heterocycles. The molecular weight excluding hydrogens is 389 g/mol. The summed E-state index contributed by atoms with van der Waals surface area (Å²) in [6.45, 7) is -0.447. The second-order valence-electron chi connectivity index (χ2n) is 6.50. The van der Waals surface area contributed by atoms with Gasteiger partial charge in [-0.1, -0.05) is 42.5 Å². The van der Waals surface area contributed by atoms with Gasteiger partial charge in [0.25, 0.3) is 5.56 Å². The van der Waals surface area contributed by atoms with E-state index in [2.05, 4.69) is 15.3 Å². The first-order chi connectivity index (χ1) is 14.5. The van der Waals surface area contributed by atoms with Crippen LogP contribution in [-0.2, 0) is 17.9 Å². The number of carbonyl (C=O) groups excluding carboxylic acids is 1. The minimum absolute atomic E-state index is 0.0106. The van der Waals surface area contributed by atoms with Gasteiger partial charge in [0, 0.05) is 12.4 Å². The Morgan fingerprint density at radius 3 is 2.40 bits per heavy atom. The number of carbonyl (C=O) groups is 1. The number of anilines is 1. The first kappa shape index (κ1) is 19.2. The van der Waals surface area contributed by atoms with Gasteiger partial charge in [-0.3, -0.25) is 18.7 Å². The van der Waals surface area contributed by atoms with E-state index in [-0.39, 0.29) is 23.4 Å². The molecule has 0 bridgehead atoms. The maximum atomic E-state index is 13.8. The van der Waals surface area contributed by atoms with Gasteiger partial charge in [-0.05, 0) is 17.7 Å². The zero-order valence-corrected chi connectivity index (χ0v) is 15.7. The number of halogens is 1. The van der Waals surface area contributed by atoms with Gasteiger partial charge >= 0.3 is 5.69 Å². The van der Waals surface area contributed by atoms with E-state index >= 15 is 0 Å². The average Bonchev–Trinajstić information content (AvgIpc) is 2.76. The SMILES string of the molecule is O=C(Cn1c(=O)n(Cc2ccccc2)c(=O)c2nccnc21)Nc1ccccc1F. The number of nitrogens with zero attached hydrogens (tertiary/aromatic N) is 4. The standard InChI is InChI=1S/C21H16FN5O3/c22-15-8-4-5-9-16(15)25-17(28)13-26-19-18(23-10-11-24-19)20(29)27(21(26)30)12-14-6-2-1-3-7-14/h1-11H,12-13H2,(H,25,28). The van der Waals surface area contributed by atoms with Crippen LogP contribution >= 0.6 is 0 Å². The van der Waals surface area contributed by atoms with Crippen molar-refractivity contribution in [1.82, 2.24) is 19.1 Å². The third-order valence-electron chi connectivity index (χ3n) is 4.48. The van der Waals surface area contributed by atoms with Crippen LogP contribution < -0.4 is 16.6 Å². The highest BCUT2D eigenvalue weighted by atomic mass is 19.1. The molecule has 30 heavy (non-hydrogen) atoms. The Morgan fingerprint density at radius 2 is 1.63 bits per heavy atom. The summed E-state index contributed by atoms with van der Waals surface area (Å²) in [6.07, 6.45) is 2.67. The fourth-order valence-electron chi connectivity index (χ4n) is 3.07. The van der Waals surface area contributed by atoms with Gasteiger partial charge < -0.3 is 5.32 Å². The molecule has 0 fully saturated rings. The normalized spacial score (nSPS) is 10.8. The number of amides is 1. The van der Waals surface area contributed by atoms with Gasteiger partial charge in [0.1, 0.15) is 12.4 Å². The molecular formula is C21H16FN5O3. The minimum atomic E-state index is -0.708.